The molecule has 11 heteroatoms. The molecule has 0 spiro atoms. The standard InChI is InChI=1S/C24H24Cl2F3N3O3/c25-15-3-1-14(2-4-15)12-32-18-6-7-19(32)11-17(10-18)30-22(33)13-35-21-8-5-16(26)9-20(21)31-23(34)24(27,28)29/h1-5,8-9,17-19H,6-7,10-13H2,(H,30,33)(H,31,34). The van der Waals surface area contributed by atoms with E-state index in [2.05, 4.69) is 10.2 Å². The second kappa shape index (κ2) is 10.6. The summed E-state index contributed by atoms with van der Waals surface area (Å²) in [5.74, 6) is -2.63. The first-order valence-electron chi connectivity index (χ1n) is 11.2. The minimum absolute atomic E-state index is 0.0142. The van der Waals surface area contributed by atoms with Crippen molar-refractivity contribution in [3.8, 4) is 5.75 Å². The Labute approximate surface area is 210 Å². The molecule has 6 nitrogen and oxygen atoms in total. The van der Waals surface area contributed by atoms with Crippen LogP contribution < -0.4 is 15.4 Å². The van der Waals surface area contributed by atoms with Crippen LogP contribution in [0.25, 0.3) is 0 Å². The topological polar surface area (TPSA) is 70.7 Å². The van der Waals surface area contributed by atoms with E-state index in [0.717, 1.165) is 38.3 Å². The fourth-order valence-corrected chi connectivity index (χ4v) is 5.08. The van der Waals surface area contributed by atoms with Crippen LogP contribution in [-0.2, 0) is 16.1 Å². The van der Waals surface area contributed by atoms with Crippen molar-refractivity contribution in [2.75, 3.05) is 11.9 Å². The van der Waals surface area contributed by atoms with Crippen molar-refractivity contribution < 1.29 is 27.5 Å². The molecule has 0 saturated carbocycles. The number of nitrogens with zero attached hydrogens (tertiary/aromatic N) is 1. The molecule has 188 valence electrons. The van der Waals surface area contributed by atoms with E-state index in [1.165, 1.54) is 17.7 Å². The molecule has 0 aromatic heterocycles. The largest absolute Gasteiger partial charge is 0.482 e. The summed E-state index contributed by atoms with van der Waals surface area (Å²) >= 11 is 11.8. The molecule has 2 saturated heterocycles. The zero-order chi connectivity index (χ0) is 25.2. The van der Waals surface area contributed by atoms with Gasteiger partial charge in [0.05, 0.1) is 5.69 Å². The number of rotatable bonds is 7. The minimum atomic E-state index is -5.07. The Balaban J connectivity index is 1.30. The van der Waals surface area contributed by atoms with Gasteiger partial charge in [-0.2, -0.15) is 13.2 Å². The number of alkyl halides is 3. The molecule has 0 radical (unpaired) electrons. The highest BCUT2D eigenvalue weighted by atomic mass is 35.5. The molecule has 35 heavy (non-hydrogen) atoms. The number of amides is 2. The second-order valence-corrected chi connectivity index (χ2v) is 9.67. The number of hydrogen-bond donors (Lipinski definition) is 2. The third-order valence-electron chi connectivity index (χ3n) is 6.33. The molecule has 2 fully saturated rings. The fourth-order valence-electron chi connectivity index (χ4n) is 4.78. The first-order valence-corrected chi connectivity index (χ1v) is 11.9. The number of hydrogen-bond acceptors (Lipinski definition) is 4. The van der Waals surface area contributed by atoms with Crippen molar-refractivity contribution in [2.45, 2.75) is 56.5 Å². The van der Waals surface area contributed by atoms with Crippen molar-refractivity contribution in [1.29, 1.82) is 0 Å². The average molecular weight is 530 g/mol. The van der Waals surface area contributed by atoms with Gasteiger partial charge < -0.3 is 15.4 Å². The number of piperidine rings is 1. The van der Waals surface area contributed by atoms with Gasteiger partial charge in [0.15, 0.2) is 6.61 Å². The normalized spacial score (nSPS) is 22.0. The van der Waals surface area contributed by atoms with Crippen LogP contribution in [0.15, 0.2) is 42.5 Å². The SMILES string of the molecule is O=C(COc1ccc(Cl)cc1NC(=O)C(F)(F)F)NC1CC2CCC(C1)N2Cc1ccc(Cl)cc1. The number of nitrogens with one attached hydrogen (secondary N) is 2. The highest BCUT2D eigenvalue weighted by molar-refractivity contribution is 6.31. The Hall–Kier alpha value is -2.49. The number of halogens is 5. The predicted octanol–water partition coefficient (Wildman–Crippen LogP) is 5.18. The molecule has 2 N–H and O–H groups in total. The van der Waals surface area contributed by atoms with E-state index in [1.54, 1.807) is 5.32 Å². The third kappa shape index (κ3) is 6.59. The monoisotopic (exact) mass is 529 g/mol. The number of carbonyl (C=O) groups is 2. The molecule has 0 aliphatic carbocycles. The van der Waals surface area contributed by atoms with E-state index in [-0.39, 0.29) is 28.4 Å². The highest BCUT2D eigenvalue weighted by Gasteiger charge is 2.41. The van der Waals surface area contributed by atoms with Crippen LogP contribution in [0.5, 0.6) is 5.75 Å². The van der Waals surface area contributed by atoms with Crippen LogP contribution in [0, 0.1) is 0 Å². The molecule has 2 aliphatic heterocycles. The van der Waals surface area contributed by atoms with E-state index in [9.17, 15) is 22.8 Å². The Morgan fingerprint density at radius 3 is 2.26 bits per heavy atom. The number of fused-ring (bicyclic) bond motifs is 2. The quantitative estimate of drug-likeness (QED) is 0.518. The van der Waals surface area contributed by atoms with Gasteiger partial charge >= 0.3 is 12.1 Å². The average Bonchev–Trinajstić information content (AvgIpc) is 3.01. The summed E-state index contributed by atoms with van der Waals surface area (Å²) in [5.41, 5.74) is 0.930. The highest BCUT2D eigenvalue weighted by Crippen LogP contribution is 2.37. The molecule has 2 unspecified atom stereocenters. The lowest BCUT2D eigenvalue weighted by Gasteiger charge is -2.39. The maximum atomic E-state index is 12.6. The molecular formula is C24H24Cl2F3N3O3. The van der Waals surface area contributed by atoms with E-state index in [0.29, 0.717) is 17.1 Å². The minimum Gasteiger partial charge on any atom is -0.482 e. The molecule has 2 aromatic carbocycles. The summed E-state index contributed by atoms with van der Waals surface area (Å²) in [6.07, 6.45) is -1.33. The maximum Gasteiger partial charge on any atom is 0.471 e. The lowest BCUT2D eigenvalue weighted by molar-refractivity contribution is -0.167. The van der Waals surface area contributed by atoms with Crippen LogP contribution in [-0.4, -0.2) is 47.6 Å². The lowest BCUT2D eigenvalue weighted by atomic mass is 9.96. The molecule has 2 amide bonds. The van der Waals surface area contributed by atoms with E-state index in [4.69, 9.17) is 27.9 Å². The first-order chi connectivity index (χ1) is 16.6. The summed E-state index contributed by atoms with van der Waals surface area (Å²) in [4.78, 5) is 26.3. The van der Waals surface area contributed by atoms with Crippen molar-refractivity contribution in [3.05, 3.63) is 58.1 Å². The van der Waals surface area contributed by atoms with Crippen LogP contribution in [0.1, 0.15) is 31.2 Å². The van der Waals surface area contributed by atoms with Gasteiger partial charge in [0, 0.05) is 34.7 Å². The van der Waals surface area contributed by atoms with Crippen LogP contribution in [0.3, 0.4) is 0 Å². The Morgan fingerprint density at radius 2 is 1.63 bits per heavy atom. The van der Waals surface area contributed by atoms with Crippen molar-refractivity contribution in [1.82, 2.24) is 10.2 Å². The van der Waals surface area contributed by atoms with Gasteiger partial charge in [0.25, 0.3) is 5.91 Å². The van der Waals surface area contributed by atoms with Crippen molar-refractivity contribution in [2.24, 2.45) is 0 Å². The zero-order valence-corrected chi connectivity index (χ0v) is 20.1. The molecule has 2 heterocycles. The van der Waals surface area contributed by atoms with Crippen molar-refractivity contribution >= 4 is 40.7 Å². The summed E-state index contributed by atoms with van der Waals surface area (Å²) in [6, 6.07) is 12.3. The van der Waals surface area contributed by atoms with Crippen LogP contribution in [0.2, 0.25) is 10.0 Å². The van der Waals surface area contributed by atoms with Gasteiger partial charge in [-0.1, -0.05) is 35.3 Å². The summed E-state index contributed by atoms with van der Waals surface area (Å²) < 4.78 is 43.3. The van der Waals surface area contributed by atoms with Gasteiger partial charge in [-0.25, -0.2) is 0 Å². The van der Waals surface area contributed by atoms with Gasteiger partial charge in [-0.05, 0) is 61.6 Å². The van der Waals surface area contributed by atoms with Gasteiger partial charge in [0.2, 0.25) is 0 Å². The van der Waals surface area contributed by atoms with E-state index in [1.807, 2.05) is 24.3 Å². The second-order valence-electron chi connectivity index (χ2n) is 8.80. The van der Waals surface area contributed by atoms with Crippen LogP contribution >= 0.6 is 23.2 Å². The molecule has 2 aliphatic rings. The number of carbonyl (C=O) groups excluding carboxylic acids is 2. The van der Waals surface area contributed by atoms with Crippen LogP contribution in [0.4, 0.5) is 18.9 Å². The first kappa shape index (κ1) is 25.6. The van der Waals surface area contributed by atoms with Gasteiger partial charge in [-0.15, -0.1) is 0 Å². The molecule has 4 rings (SSSR count). The Morgan fingerprint density at radius 1 is 1.00 bits per heavy atom. The molecular weight excluding hydrogens is 506 g/mol. The summed E-state index contributed by atoms with van der Waals surface area (Å²) in [5, 5.41) is 5.52. The number of benzene rings is 2. The van der Waals surface area contributed by atoms with Gasteiger partial charge in [0.1, 0.15) is 5.75 Å². The van der Waals surface area contributed by atoms with E-state index >= 15 is 0 Å². The van der Waals surface area contributed by atoms with Crippen molar-refractivity contribution in [3.63, 3.8) is 0 Å². The molecule has 2 aromatic rings. The third-order valence-corrected chi connectivity index (χ3v) is 6.82. The summed E-state index contributed by atoms with van der Waals surface area (Å²) in [7, 11) is 0. The molecule has 2 bridgehead atoms. The Kier molecular flexibility index (Phi) is 7.78. The van der Waals surface area contributed by atoms with E-state index < -0.39 is 18.7 Å². The predicted molar refractivity (Wildman–Crippen MR) is 127 cm³/mol. The Bertz CT molecular complexity index is 1070. The number of ether oxygens (including phenoxy) is 1. The fraction of sp³-hybridized carbons (Fsp3) is 0.417. The zero-order valence-electron chi connectivity index (χ0n) is 18.6. The maximum absolute atomic E-state index is 12.6. The molecule has 2 atom stereocenters. The van der Waals surface area contributed by atoms with Gasteiger partial charge in [-0.3, -0.25) is 14.5 Å². The summed E-state index contributed by atoms with van der Waals surface area (Å²) in [6.45, 7) is 0.427. The number of anilines is 1. The lowest BCUT2D eigenvalue weighted by Crippen LogP contribution is -2.50. The smallest absolute Gasteiger partial charge is 0.471 e.